The summed E-state index contributed by atoms with van der Waals surface area (Å²) in [6.45, 7) is 0. The van der Waals surface area contributed by atoms with Crippen LogP contribution in [0.1, 0.15) is 32.1 Å². The van der Waals surface area contributed by atoms with Crippen LogP contribution in [0.3, 0.4) is 0 Å². The van der Waals surface area contributed by atoms with Gasteiger partial charge in [-0.15, -0.1) is 0 Å². The van der Waals surface area contributed by atoms with Crippen LogP contribution in [0.2, 0.25) is 0 Å². The summed E-state index contributed by atoms with van der Waals surface area (Å²) in [4.78, 5) is 12.2. The van der Waals surface area contributed by atoms with Crippen molar-refractivity contribution in [2.45, 2.75) is 37.9 Å². The van der Waals surface area contributed by atoms with Gasteiger partial charge < -0.3 is 14.8 Å². The minimum Gasteiger partial charge on any atom is -0.448 e. The standard InChI is InChI=1S/C16H19NO5S/c18-15(11-5-8-23(19,20)10-11)17-12-3-4-13-14(9-12)22-16(21-13)6-1-2-7-16/h3-4,9,11H,1-2,5-8,10H2,(H,17,18)/t11-/m0/s1. The van der Waals surface area contributed by atoms with Gasteiger partial charge in [-0.1, -0.05) is 0 Å². The number of nitrogens with one attached hydrogen (secondary N) is 1. The maximum absolute atomic E-state index is 12.2. The first-order chi connectivity index (χ1) is 10.9. The van der Waals surface area contributed by atoms with Crippen molar-refractivity contribution in [1.29, 1.82) is 0 Å². The van der Waals surface area contributed by atoms with Gasteiger partial charge in [-0.05, 0) is 31.4 Å². The number of hydrogen-bond acceptors (Lipinski definition) is 5. The van der Waals surface area contributed by atoms with E-state index >= 15 is 0 Å². The Morgan fingerprint density at radius 1 is 1.17 bits per heavy atom. The molecule has 1 aliphatic carbocycles. The van der Waals surface area contributed by atoms with E-state index in [-0.39, 0.29) is 17.4 Å². The number of benzene rings is 1. The molecule has 2 aliphatic heterocycles. The molecular formula is C16H19NO5S. The number of ether oxygens (including phenoxy) is 2. The summed E-state index contributed by atoms with van der Waals surface area (Å²) in [7, 11) is -3.06. The molecule has 124 valence electrons. The number of fused-ring (bicyclic) bond motifs is 1. The minimum atomic E-state index is -3.06. The number of amides is 1. The SMILES string of the molecule is O=C(Nc1ccc2c(c1)OC1(CCCC1)O2)[C@H]1CCS(=O)(=O)C1. The van der Waals surface area contributed by atoms with Crippen molar-refractivity contribution in [2.75, 3.05) is 16.8 Å². The third kappa shape index (κ3) is 2.78. The zero-order valence-electron chi connectivity index (χ0n) is 12.7. The Kier molecular flexibility index (Phi) is 3.30. The van der Waals surface area contributed by atoms with Crippen molar-refractivity contribution in [2.24, 2.45) is 5.92 Å². The summed E-state index contributed by atoms with van der Waals surface area (Å²) < 4.78 is 34.9. The van der Waals surface area contributed by atoms with E-state index in [2.05, 4.69) is 5.32 Å². The van der Waals surface area contributed by atoms with Gasteiger partial charge in [0.1, 0.15) is 0 Å². The van der Waals surface area contributed by atoms with E-state index < -0.39 is 21.5 Å². The molecule has 1 amide bonds. The van der Waals surface area contributed by atoms with Crippen LogP contribution >= 0.6 is 0 Å². The summed E-state index contributed by atoms with van der Waals surface area (Å²) in [6, 6.07) is 5.31. The lowest BCUT2D eigenvalue weighted by Gasteiger charge is -2.21. The molecule has 0 unspecified atom stereocenters. The predicted molar refractivity (Wildman–Crippen MR) is 84.3 cm³/mol. The number of rotatable bonds is 2. The summed E-state index contributed by atoms with van der Waals surface area (Å²) >= 11 is 0. The van der Waals surface area contributed by atoms with Crippen LogP contribution in [0.4, 0.5) is 5.69 Å². The lowest BCUT2D eigenvalue weighted by Crippen LogP contribution is -2.34. The highest BCUT2D eigenvalue weighted by molar-refractivity contribution is 7.91. The second-order valence-corrected chi connectivity index (χ2v) is 8.80. The Morgan fingerprint density at radius 2 is 1.91 bits per heavy atom. The molecule has 1 aromatic carbocycles. The Bertz CT molecular complexity index is 752. The molecule has 23 heavy (non-hydrogen) atoms. The van der Waals surface area contributed by atoms with Crippen LogP contribution in [0, 0.1) is 5.92 Å². The molecule has 0 radical (unpaired) electrons. The molecule has 4 rings (SSSR count). The number of carbonyl (C=O) groups excluding carboxylic acids is 1. The first-order valence-corrected chi connectivity index (χ1v) is 9.80. The van der Waals surface area contributed by atoms with Crippen molar-refractivity contribution in [3.8, 4) is 11.5 Å². The summed E-state index contributed by atoms with van der Waals surface area (Å²) in [5.41, 5.74) is 0.608. The molecule has 0 aromatic heterocycles. The van der Waals surface area contributed by atoms with Gasteiger partial charge in [-0.25, -0.2) is 8.42 Å². The van der Waals surface area contributed by atoms with Gasteiger partial charge in [-0.3, -0.25) is 4.79 Å². The average Bonchev–Trinajstić information content (AvgIpc) is 3.18. The van der Waals surface area contributed by atoms with Gasteiger partial charge in [0.2, 0.25) is 5.91 Å². The number of anilines is 1. The first-order valence-electron chi connectivity index (χ1n) is 7.98. The van der Waals surface area contributed by atoms with Crippen molar-refractivity contribution < 1.29 is 22.7 Å². The summed E-state index contributed by atoms with van der Waals surface area (Å²) in [5.74, 6) is 0.135. The van der Waals surface area contributed by atoms with E-state index in [1.54, 1.807) is 18.2 Å². The van der Waals surface area contributed by atoms with Crippen LogP contribution in [0.15, 0.2) is 18.2 Å². The zero-order valence-corrected chi connectivity index (χ0v) is 13.5. The van der Waals surface area contributed by atoms with Crippen LogP contribution in [0.25, 0.3) is 0 Å². The Hall–Kier alpha value is -1.76. The van der Waals surface area contributed by atoms with E-state index in [9.17, 15) is 13.2 Å². The van der Waals surface area contributed by atoms with E-state index in [0.29, 0.717) is 23.6 Å². The van der Waals surface area contributed by atoms with E-state index in [1.165, 1.54) is 0 Å². The van der Waals surface area contributed by atoms with Crippen molar-refractivity contribution >= 4 is 21.4 Å². The number of carbonyl (C=O) groups is 1. The molecule has 2 fully saturated rings. The zero-order chi connectivity index (χ0) is 16.1. The average molecular weight is 337 g/mol. The maximum atomic E-state index is 12.2. The van der Waals surface area contributed by atoms with Gasteiger partial charge in [0.25, 0.3) is 5.79 Å². The van der Waals surface area contributed by atoms with Gasteiger partial charge in [0.15, 0.2) is 21.3 Å². The van der Waals surface area contributed by atoms with Gasteiger partial charge in [-0.2, -0.15) is 0 Å². The molecule has 1 atom stereocenters. The highest BCUT2D eigenvalue weighted by atomic mass is 32.2. The smallest absolute Gasteiger partial charge is 0.251 e. The van der Waals surface area contributed by atoms with Gasteiger partial charge >= 0.3 is 0 Å². The first kappa shape index (κ1) is 14.8. The Balaban J connectivity index is 1.47. The van der Waals surface area contributed by atoms with E-state index in [4.69, 9.17) is 9.47 Å². The fourth-order valence-electron chi connectivity index (χ4n) is 3.54. The molecule has 1 spiro atoms. The van der Waals surface area contributed by atoms with Crippen LogP contribution in [-0.2, 0) is 14.6 Å². The topological polar surface area (TPSA) is 81.7 Å². The van der Waals surface area contributed by atoms with Crippen LogP contribution in [-0.4, -0.2) is 31.6 Å². The van der Waals surface area contributed by atoms with Crippen molar-refractivity contribution in [3.05, 3.63) is 18.2 Å². The van der Waals surface area contributed by atoms with Gasteiger partial charge in [0.05, 0.1) is 17.4 Å². The van der Waals surface area contributed by atoms with Crippen LogP contribution in [0.5, 0.6) is 11.5 Å². The molecule has 7 heteroatoms. The maximum Gasteiger partial charge on any atom is 0.251 e. The highest BCUT2D eigenvalue weighted by Crippen LogP contribution is 2.47. The van der Waals surface area contributed by atoms with Gasteiger partial charge in [0, 0.05) is 24.6 Å². The normalized spacial score (nSPS) is 26.5. The summed E-state index contributed by atoms with van der Waals surface area (Å²) in [6.07, 6.45) is 4.33. The third-order valence-electron chi connectivity index (χ3n) is 4.77. The molecule has 2 heterocycles. The van der Waals surface area contributed by atoms with Crippen molar-refractivity contribution in [3.63, 3.8) is 0 Å². The second-order valence-electron chi connectivity index (χ2n) is 6.57. The predicted octanol–water partition coefficient (Wildman–Crippen LogP) is 2.10. The Labute approximate surface area is 135 Å². The Morgan fingerprint density at radius 3 is 2.61 bits per heavy atom. The monoisotopic (exact) mass is 337 g/mol. The molecule has 1 saturated heterocycles. The fraction of sp³-hybridized carbons (Fsp3) is 0.562. The second kappa shape index (κ2) is 5.12. The summed E-state index contributed by atoms with van der Waals surface area (Å²) in [5, 5.41) is 2.79. The molecular weight excluding hydrogens is 318 g/mol. The quantitative estimate of drug-likeness (QED) is 0.894. The molecule has 1 aromatic rings. The molecule has 1 N–H and O–H groups in total. The lowest BCUT2D eigenvalue weighted by atomic mass is 10.1. The highest BCUT2D eigenvalue weighted by Gasteiger charge is 2.44. The van der Waals surface area contributed by atoms with Crippen molar-refractivity contribution in [1.82, 2.24) is 0 Å². The third-order valence-corrected chi connectivity index (χ3v) is 6.54. The largest absolute Gasteiger partial charge is 0.448 e. The molecule has 3 aliphatic rings. The molecule has 6 nitrogen and oxygen atoms in total. The van der Waals surface area contributed by atoms with E-state index in [0.717, 1.165) is 25.7 Å². The lowest BCUT2D eigenvalue weighted by molar-refractivity contribution is -0.119. The fourth-order valence-corrected chi connectivity index (χ4v) is 5.28. The van der Waals surface area contributed by atoms with Crippen LogP contribution < -0.4 is 14.8 Å². The van der Waals surface area contributed by atoms with E-state index in [1.807, 2.05) is 0 Å². The minimum absolute atomic E-state index is 0.0630. The number of sulfone groups is 1. The molecule has 0 bridgehead atoms. The molecule has 1 saturated carbocycles. The number of hydrogen-bond donors (Lipinski definition) is 1.